The van der Waals surface area contributed by atoms with E-state index < -0.39 is 6.36 Å². The molecule has 0 aliphatic heterocycles. The third kappa shape index (κ3) is 5.63. The van der Waals surface area contributed by atoms with Crippen LogP contribution in [0.25, 0.3) is 0 Å². The molecule has 0 unspecified atom stereocenters. The van der Waals surface area contributed by atoms with E-state index in [-0.39, 0.29) is 11.5 Å². The SMILES string of the molecule is C=CCN(Cc1ccc(OC(F)(F)F)cc1)c1ccc(C(C)=O)cn1. The van der Waals surface area contributed by atoms with E-state index in [2.05, 4.69) is 16.3 Å². The summed E-state index contributed by atoms with van der Waals surface area (Å²) < 4.78 is 40.4. The van der Waals surface area contributed by atoms with Crippen molar-refractivity contribution >= 4 is 11.6 Å². The predicted octanol–water partition coefficient (Wildman–Crippen LogP) is 4.38. The zero-order valence-corrected chi connectivity index (χ0v) is 13.6. The Morgan fingerprint density at radius 2 is 1.92 bits per heavy atom. The summed E-state index contributed by atoms with van der Waals surface area (Å²) in [5, 5.41) is 0. The smallest absolute Gasteiger partial charge is 0.406 e. The Morgan fingerprint density at radius 3 is 2.40 bits per heavy atom. The number of aromatic nitrogens is 1. The van der Waals surface area contributed by atoms with E-state index in [4.69, 9.17) is 0 Å². The van der Waals surface area contributed by atoms with Crippen LogP contribution in [0, 0.1) is 0 Å². The van der Waals surface area contributed by atoms with E-state index in [0.717, 1.165) is 5.56 Å². The monoisotopic (exact) mass is 350 g/mol. The first-order valence-electron chi connectivity index (χ1n) is 7.46. The van der Waals surface area contributed by atoms with Crippen LogP contribution in [0.5, 0.6) is 5.75 Å². The lowest BCUT2D eigenvalue weighted by Gasteiger charge is -2.22. The first kappa shape index (κ1) is 18.5. The maximum absolute atomic E-state index is 12.2. The first-order chi connectivity index (χ1) is 11.8. The zero-order valence-electron chi connectivity index (χ0n) is 13.6. The summed E-state index contributed by atoms with van der Waals surface area (Å²) in [4.78, 5) is 17.5. The molecule has 1 aromatic carbocycles. The topological polar surface area (TPSA) is 42.4 Å². The van der Waals surface area contributed by atoms with Crippen LogP contribution in [-0.2, 0) is 6.54 Å². The van der Waals surface area contributed by atoms with Gasteiger partial charge in [-0.25, -0.2) is 4.98 Å². The van der Waals surface area contributed by atoms with Gasteiger partial charge in [0, 0.05) is 24.8 Å². The van der Waals surface area contributed by atoms with Crippen molar-refractivity contribution in [2.75, 3.05) is 11.4 Å². The number of carbonyl (C=O) groups is 1. The lowest BCUT2D eigenvalue weighted by Crippen LogP contribution is -2.23. The molecule has 0 bridgehead atoms. The molecule has 7 heteroatoms. The molecule has 1 heterocycles. The second-order valence-electron chi connectivity index (χ2n) is 5.32. The first-order valence-corrected chi connectivity index (χ1v) is 7.46. The van der Waals surface area contributed by atoms with Gasteiger partial charge in [-0.15, -0.1) is 19.8 Å². The molecule has 2 aromatic rings. The van der Waals surface area contributed by atoms with E-state index in [0.29, 0.717) is 24.5 Å². The maximum Gasteiger partial charge on any atom is 0.573 e. The largest absolute Gasteiger partial charge is 0.573 e. The van der Waals surface area contributed by atoms with E-state index in [9.17, 15) is 18.0 Å². The highest BCUT2D eigenvalue weighted by Crippen LogP contribution is 2.23. The van der Waals surface area contributed by atoms with Crippen LogP contribution in [0.4, 0.5) is 19.0 Å². The van der Waals surface area contributed by atoms with Crippen molar-refractivity contribution in [1.29, 1.82) is 0 Å². The van der Waals surface area contributed by atoms with Crippen molar-refractivity contribution in [1.82, 2.24) is 4.98 Å². The number of pyridine rings is 1. The zero-order chi connectivity index (χ0) is 18.4. The minimum atomic E-state index is -4.71. The molecule has 25 heavy (non-hydrogen) atoms. The Kier molecular flexibility index (Phi) is 5.80. The molecule has 0 aliphatic carbocycles. The fourth-order valence-electron chi connectivity index (χ4n) is 2.19. The van der Waals surface area contributed by atoms with Gasteiger partial charge in [-0.05, 0) is 36.8 Å². The summed E-state index contributed by atoms with van der Waals surface area (Å²) in [6.45, 7) is 6.07. The van der Waals surface area contributed by atoms with E-state index >= 15 is 0 Å². The minimum absolute atomic E-state index is 0.0745. The van der Waals surface area contributed by atoms with E-state index in [1.165, 1.54) is 25.3 Å². The van der Waals surface area contributed by atoms with Crippen molar-refractivity contribution in [2.45, 2.75) is 19.8 Å². The number of hydrogen-bond donors (Lipinski definition) is 0. The summed E-state index contributed by atoms with van der Waals surface area (Å²) in [6, 6.07) is 9.05. The molecule has 0 fully saturated rings. The van der Waals surface area contributed by atoms with Gasteiger partial charge in [0.1, 0.15) is 11.6 Å². The predicted molar refractivity (Wildman–Crippen MR) is 88.6 cm³/mol. The fourth-order valence-corrected chi connectivity index (χ4v) is 2.19. The van der Waals surface area contributed by atoms with Crippen molar-refractivity contribution in [3.8, 4) is 5.75 Å². The van der Waals surface area contributed by atoms with Gasteiger partial charge in [0.2, 0.25) is 0 Å². The van der Waals surface area contributed by atoms with Crippen LogP contribution in [0.3, 0.4) is 0 Å². The third-order valence-electron chi connectivity index (χ3n) is 3.36. The molecular formula is C18H17F3N2O2. The number of benzene rings is 1. The molecule has 0 saturated heterocycles. The quantitative estimate of drug-likeness (QED) is 0.549. The van der Waals surface area contributed by atoms with Crippen molar-refractivity contribution < 1.29 is 22.7 Å². The summed E-state index contributed by atoms with van der Waals surface area (Å²) in [6.07, 6.45) is -1.52. The summed E-state index contributed by atoms with van der Waals surface area (Å²) in [7, 11) is 0. The molecule has 0 N–H and O–H groups in total. The normalized spacial score (nSPS) is 11.0. The molecule has 132 valence electrons. The average Bonchev–Trinajstić information content (AvgIpc) is 2.55. The number of carbonyl (C=O) groups excluding carboxylic acids is 1. The standard InChI is InChI=1S/C18H17F3N2O2/c1-3-10-23(17-9-6-15(11-22-17)13(2)24)12-14-4-7-16(8-5-14)25-18(19,20)21/h3-9,11H,1,10,12H2,2H3. The van der Waals surface area contributed by atoms with E-state index in [1.807, 2.05) is 4.90 Å². The molecule has 0 saturated carbocycles. The van der Waals surface area contributed by atoms with Gasteiger partial charge in [0.25, 0.3) is 0 Å². The molecule has 0 spiro atoms. The van der Waals surface area contributed by atoms with Gasteiger partial charge in [-0.2, -0.15) is 0 Å². The lowest BCUT2D eigenvalue weighted by atomic mass is 10.2. The number of hydrogen-bond acceptors (Lipinski definition) is 4. The summed E-state index contributed by atoms with van der Waals surface area (Å²) in [5.41, 5.74) is 1.30. The minimum Gasteiger partial charge on any atom is -0.406 e. The van der Waals surface area contributed by atoms with Gasteiger partial charge >= 0.3 is 6.36 Å². The number of ketones is 1. The van der Waals surface area contributed by atoms with Gasteiger partial charge < -0.3 is 9.64 Å². The Morgan fingerprint density at radius 1 is 1.24 bits per heavy atom. The average molecular weight is 350 g/mol. The summed E-state index contributed by atoms with van der Waals surface area (Å²) >= 11 is 0. The Hall–Kier alpha value is -2.83. The van der Waals surface area contributed by atoms with Crippen molar-refractivity contribution in [3.05, 3.63) is 66.4 Å². The molecule has 2 rings (SSSR count). The van der Waals surface area contributed by atoms with Crippen LogP contribution in [0.1, 0.15) is 22.8 Å². The summed E-state index contributed by atoms with van der Waals surface area (Å²) in [5.74, 6) is 0.297. The fraction of sp³-hybridized carbons (Fsp3) is 0.222. The highest BCUT2D eigenvalue weighted by atomic mass is 19.4. The molecule has 0 radical (unpaired) electrons. The Labute approximate surface area is 143 Å². The van der Waals surface area contributed by atoms with Crippen LogP contribution >= 0.6 is 0 Å². The number of rotatable bonds is 7. The van der Waals surface area contributed by atoms with Crippen LogP contribution in [0.2, 0.25) is 0 Å². The van der Waals surface area contributed by atoms with Crippen molar-refractivity contribution in [2.24, 2.45) is 0 Å². The van der Waals surface area contributed by atoms with Crippen LogP contribution in [-0.4, -0.2) is 23.7 Å². The van der Waals surface area contributed by atoms with Crippen LogP contribution in [0.15, 0.2) is 55.3 Å². The van der Waals surface area contributed by atoms with E-state index in [1.54, 1.807) is 30.3 Å². The van der Waals surface area contributed by atoms with Gasteiger partial charge in [-0.3, -0.25) is 4.79 Å². The van der Waals surface area contributed by atoms with Crippen molar-refractivity contribution in [3.63, 3.8) is 0 Å². The number of nitrogens with zero attached hydrogens (tertiary/aromatic N) is 2. The number of alkyl halides is 3. The Bertz CT molecular complexity index is 725. The molecular weight excluding hydrogens is 333 g/mol. The number of halogens is 3. The molecule has 0 aliphatic rings. The van der Waals surface area contributed by atoms with Crippen LogP contribution < -0.4 is 9.64 Å². The Balaban J connectivity index is 2.13. The number of ether oxygens (including phenoxy) is 1. The second-order valence-corrected chi connectivity index (χ2v) is 5.32. The van der Waals surface area contributed by atoms with Gasteiger partial charge in [0.05, 0.1) is 0 Å². The molecule has 0 atom stereocenters. The second kappa shape index (κ2) is 7.83. The van der Waals surface area contributed by atoms with Gasteiger partial charge in [0.15, 0.2) is 5.78 Å². The highest BCUT2D eigenvalue weighted by molar-refractivity contribution is 5.93. The third-order valence-corrected chi connectivity index (χ3v) is 3.36. The molecule has 1 aromatic heterocycles. The van der Waals surface area contributed by atoms with Gasteiger partial charge in [-0.1, -0.05) is 18.2 Å². The number of Topliss-reactive ketones (excluding diaryl/α,β-unsaturated/α-hetero) is 1. The highest BCUT2D eigenvalue weighted by Gasteiger charge is 2.30. The molecule has 0 amide bonds. The number of anilines is 1. The maximum atomic E-state index is 12.2. The lowest BCUT2D eigenvalue weighted by molar-refractivity contribution is -0.274. The molecule has 4 nitrogen and oxygen atoms in total.